The normalized spacial score (nSPS) is 10.9. The van der Waals surface area contributed by atoms with Gasteiger partial charge in [-0.15, -0.1) is 0 Å². The minimum Gasteiger partial charge on any atom is -0.267 e. The summed E-state index contributed by atoms with van der Waals surface area (Å²) in [5, 5.41) is 5.73. The molecular weight excluding hydrogens is 298 g/mol. The van der Waals surface area contributed by atoms with Gasteiger partial charge >= 0.3 is 0 Å². The average Bonchev–Trinajstić information content (AvgIpc) is 2.63. The van der Waals surface area contributed by atoms with Gasteiger partial charge < -0.3 is 0 Å². The molecule has 0 saturated heterocycles. The van der Waals surface area contributed by atoms with Crippen LogP contribution in [0.5, 0.6) is 0 Å². The standard InChI is InChI=1S/C20H15N3O/c1-14-6-2-3-7-17(14)15-9-10-18-16(12-15)13-22-23(20(18)24)19-8-4-5-11-21-19/h2-13H,1H3. The minimum atomic E-state index is -0.164. The molecule has 4 nitrogen and oxygen atoms in total. The van der Waals surface area contributed by atoms with E-state index in [4.69, 9.17) is 0 Å². The van der Waals surface area contributed by atoms with Gasteiger partial charge in [0.05, 0.1) is 11.6 Å². The Hall–Kier alpha value is -3.27. The summed E-state index contributed by atoms with van der Waals surface area (Å²) in [4.78, 5) is 16.9. The van der Waals surface area contributed by atoms with Crippen molar-refractivity contribution in [1.82, 2.24) is 14.8 Å². The number of benzene rings is 2. The predicted octanol–water partition coefficient (Wildman–Crippen LogP) is 3.76. The van der Waals surface area contributed by atoms with Gasteiger partial charge in [0, 0.05) is 11.6 Å². The molecule has 0 bridgehead atoms. The Balaban J connectivity index is 1.89. The van der Waals surface area contributed by atoms with Crippen molar-refractivity contribution >= 4 is 10.8 Å². The first-order valence-corrected chi connectivity index (χ1v) is 7.73. The van der Waals surface area contributed by atoms with E-state index in [-0.39, 0.29) is 5.56 Å². The summed E-state index contributed by atoms with van der Waals surface area (Å²) < 4.78 is 1.33. The van der Waals surface area contributed by atoms with Gasteiger partial charge in [-0.3, -0.25) is 4.79 Å². The number of pyridine rings is 1. The molecule has 0 atom stereocenters. The molecule has 2 aromatic heterocycles. The molecule has 24 heavy (non-hydrogen) atoms. The number of hydrogen-bond donors (Lipinski definition) is 0. The Morgan fingerprint density at radius 1 is 0.958 bits per heavy atom. The van der Waals surface area contributed by atoms with Crippen LogP contribution >= 0.6 is 0 Å². The maximum absolute atomic E-state index is 12.7. The summed E-state index contributed by atoms with van der Waals surface area (Å²) >= 11 is 0. The van der Waals surface area contributed by atoms with E-state index in [0.717, 1.165) is 16.5 Å². The molecule has 0 aliphatic rings. The average molecular weight is 313 g/mol. The highest BCUT2D eigenvalue weighted by molar-refractivity contribution is 5.86. The first-order valence-electron chi connectivity index (χ1n) is 7.73. The summed E-state index contributed by atoms with van der Waals surface area (Å²) in [6.45, 7) is 2.08. The fourth-order valence-corrected chi connectivity index (χ4v) is 2.86. The van der Waals surface area contributed by atoms with Crippen molar-refractivity contribution in [2.75, 3.05) is 0 Å². The molecule has 0 spiro atoms. The van der Waals surface area contributed by atoms with Gasteiger partial charge in [-0.2, -0.15) is 9.78 Å². The zero-order valence-electron chi connectivity index (χ0n) is 13.2. The monoisotopic (exact) mass is 313 g/mol. The number of aromatic nitrogens is 3. The van der Waals surface area contributed by atoms with Crippen molar-refractivity contribution in [3.63, 3.8) is 0 Å². The number of nitrogens with zero attached hydrogens (tertiary/aromatic N) is 3. The van der Waals surface area contributed by atoms with Gasteiger partial charge in [-0.1, -0.05) is 36.4 Å². The molecule has 0 aliphatic heterocycles. The number of aryl methyl sites for hydroxylation is 1. The fraction of sp³-hybridized carbons (Fsp3) is 0.0500. The summed E-state index contributed by atoms with van der Waals surface area (Å²) in [6.07, 6.45) is 3.36. The van der Waals surface area contributed by atoms with Crippen molar-refractivity contribution in [2.24, 2.45) is 0 Å². The highest BCUT2D eigenvalue weighted by Gasteiger charge is 2.08. The second-order valence-electron chi connectivity index (χ2n) is 5.67. The van der Waals surface area contributed by atoms with Crippen LogP contribution in [0.15, 0.2) is 77.9 Å². The van der Waals surface area contributed by atoms with Crippen LogP contribution in [0.3, 0.4) is 0 Å². The van der Waals surface area contributed by atoms with Crippen LogP contribution in [0.1, 0.15) is 5.56 Å². The lowest BCUT2D eigenvalue weighted by molar-refractivity contribution is 0.794. The van der Waals surface area contributed by atoms with Crippen LogP contribution in [0, 0.1) is 6.92 Å². The van der Waals surface area contributed by atoms with E-state index in [0.29, 0.717) is 11.2 Å². The van der Waals surface area contributed by atoms with Crippen molar-refractivity contribution in [3.05, 3.63) is 89.0 Å². The molecule has 0 N–H and O–H groups in total. The molecule has 4 aromatic rings. The Morgan fingerprint density at radius 2 is 1.79 bits per heavy atom. The summed E-state index contributed by atoms with van der Waals surface area (Å²) in [6, 6.07) is 19.5. The van der Waals surface area contributed by atoms with Gasteiger partial charge in [-0.05, 0) is 47.9 Å². The molecule has 4 rings (SSSR count). The van der Waals surface area contributed by atoms with E-state index in [9.17, 15) is 4.79 Å². The van der Waals surface area contributed by atoms with Crippen LogP contribution in [0.25, 0.3) is 27.7 Å². The van der Waals surface area contributed by atoms with Gasteiger partial charge in [0.1, 0.15) is 0 Å². The lowest BCUT2D eigenvalue weighted by Gasteiger charge is -2.08. The summed E-state index contributed by atoms with van der Waals surface area (Å²) in [5.41, 5.74) is 3.28. The van der Waals surface area contributed by atoms with Crippen molar-refractivity contribution in [2.45, 2.75) is 6.92 Å². The molecule has 116 valence electrons. The molecule has 0 radical (unpaired) electrons. The first-order chi connectivity index (χ1) is 11.7. The third kappa shape index (κ3) is 2.38. The van der Waals surface area contributed by atoms with Gasteiger partial charge in [-0.25, -0.2) is 4.98 Å². The fourth-order valence-electron chi connectivity index (χ4n) is 2.86. The van der Waals surface area contributed by atoms with E-state index >= 15 is 0 Å². The molecule has 4 heteroatoms. The SMILES string of the molecule is Cc1ccccc1-c1ccc2c(=O)n(-c3ccccn3)ncc2c1. The van der Waals surface area contributed by atoms with E-state index in [1.165, 1.54) is 10.2 Å². The maximum atomic E-state index is 12.7. The van der Waals surface area contributed by atoms with Crippen LogP contribution in [0.2, 0.25) is 0 Å². The molecule has 0 aliphatic carbocycles. The quantitative estimate of drug-likeness (QED) is 0.566. The third-order valence-corrected chi connectivity index (χ3v) is 4.11. The Bertz CT molecular complexity index is 1080. The minimum absolute atomic E-state index is 0.164. The second-order valence-corrected chi connectivity index (χ2v) is 5.67. The zero-order valence-corrected chi connectivity index (χ0v) is 13.2. The van der Waals surface area contributed by atoms with Crippen LogP contribution in [-0.2, 0) is 0 Å². The molecule has 2 heterocycles. The molecule has 0 unspecified atom stereocenters. The molecule has 0 amide bonds. The lowest BCUT2D eigenvalue weighted by atomic mass is 9.99. The Labute approximate surface area is 139 Å². The van der Waals surface area contributed by atoms with Gasteiger partial charge in [0.2, 0.25) is 0 Å². The van der Waals surface area contributed by atoms with E-state index < -0.39 is 0 Å². The smallest absolute Gasteiger partial charge is 0.267 e. The van der Waals surface area contributed by atoms with E-state index in [1.807, 2.05) is 42.5 Å². The molecule has 2 aromatic carbocycles. The maximum Gasteiger partial charge on any atom is 0.280 e. The topological polar surface area (TPSA) is 47.8 Å². The molecule has 0 saturated carbocycles. The zero-order chi connectivity index (χ0) is 16.5. The largest absolute Gasteiger partial charge is 0.280 e. The van der Waals surface area contributed by atoms with E-state index in [1.54, 1.807) is 18.5 Å². The number of fused-ring (bicyclic) bond motifs is 1. The first kappa shape index (κ1) is 14.3. The summed E-state index contributed by atoms with van der Waals surface area (Å²) in [5.74, 6) is 0.521. The lowest BCUT2D eigenvalue weighted by Crippen LogP contribution is -2.21. The van der Waals surface area contributed by atoms with Crippen molar-refractivity contribution in [1.29, 1.82) is 0 Å². The Morgan fingerprint density at radius 3 is 2.58 bits per heavy atom. The second kappa shape index (κ2) is 5.74. The van der Waals surface area contributed by atoms with Gasteiger partial charge in [0.25, 0.3) is 5.56 Å². The predicted molar refractivity (Wildman–Crippen MR) is 95.3 cm³/mol. The van der Waals surface area contributed by atoms with E-state index in [2.05, 4.69) is 29.1 Å². The number of rotatable bonds is 2. The number of hydrogen-bond acceptors (Lipinski definition) is 3. The third-order valence-electron chi connectivity index (χ3n) is 4.11. The highest BCUT2D eigenvalue weighted by atomic mass is 16.1. The van der Waals surface area contributed by atoms with Crippen LogP contribution < -0.4 is 5.56 Å². The van der Waals surface area contributed by atoms with Gasteiger partial charge in [0.15, 0.2) is 5.82 Å². The summed E-state index contributed by atoms with van der Waals surface area (Å²) in [7, 11) is 0. The van der Waals surface area contributed by atoms with Crippen molar-refractivity contribution in [3.8, 4) is 16.9 Å². The van der Waals surface area contributed by atoms with Crippen LogP contribution in [-0.4, -0.2) is 14.8 Å². The molecular formula is C20H15N3O. The molecule has 0 fully saturated rings. The van der Waals surface area contributed by atoms with Crippen LogP contribution in [0.4, 0.5) is 0 Å². The van der Waals surface area contributed by atoms with Crippen molar-refractivity contribution < 1.29 is 0 Å². The highest BCUT2D eigenvalue weighted by Crippen LogP contribution is 2.25. The Kier molecular flexibility index (Phi) is 3.43.